The molecule has 4 nitrogen and oxygen atoms in total. The van der Waals surface area contributed by atoms with Gasteiger partial charge in [0.15, 0.2) is 0 Å². The lowest BCUT2D eigenvalue weighted by Crippen LogP contribution is -2.25. The van der Waals surface area contributed by atoms with Crippen molar-refractivity contribution in [3.05, 3.63) is 11.9 Å². The summed E-state index contributed by atoms with van der Waals surface area (Å²) in [6, 6.07) is 2.40. The lowest BCUT2D eigenvalue weighted by atomic mass is 9.93. The van der Waals surface area contributed by atoms with Crippen LogP contribution in [0.1, 0.15) is 38.9 Å². The van der Waals surface area contributed by atoms with Crippen LogP contribution >= 0.6 is 0 Å². The minimum absolute atomic E-state index is 0.522. The molecule has 1 aliphatic carbocycles. The van der Waals surface area contributed by atoms with Crippen LogP contribution < -0.4 is 10.1 Å². The van der Waals surface area contributed by atoms with Crippen LogP contribution in [-0.2, 0) is 0 Å². The first-order valence-electron chi connectivity index (χ1n) is 6.80. The molecule has 3 unspecified atom stereocenters. The van der Waals surface area contributed by atoms with E-state index in [0.717, 1.165) is 17.6 Å². The number of nitrogens with zero attached hydrogens (tertiary/aromatic N) is 2. The van der Waals surface area contributed by atoms with Crippen molar-refractivity contribution in [3.8, 4) is 5.88 Å². The van der Waals surface area contributed by atoms with Crippen LogP contribution in [0.15, 0.2) is 6.07 Å². The summed E-state index contributed by atoms with van der Waals surface area (Å²) >= 11 is 0. The van der Waals surface area contributed by atoms with Gasteiger partial charge < -0.3 is 10.1 Å². The molecule has 18 heavy (non-hydrogen) atoms. The SMILES string of the molecule is CCC1CCC(Nc2cc(OC)nc(C)n2)C1C. The van der Waals surface area contributed by atoms with Gasteiger partial charge in [-0.1, -0.05) is 20.3 Å². The van der Waals surface area contributed by atoms with Gasteiger partial charge in [0.25, 0.3) is 0 Å². The molecule has 0 saturated heterocycles. The van der Waals surface area contributed by atoms with E-state index in [9.17, 15) is 0 Å². The fourth-order valence-electron chi connectivity index (χ4n) is 2.94. The average molecular weight is 249 g/mol. The highest BCUT2D eigenvalue weighted by atomic mass is 16.5. The zero-order valence-electron chi connectivity index (χ0n) is 11.7. The highest BCUT2D eigenvalue weighted by molar-refractivity contribution is 5.39. The van der Waals surface area contributed by atoms with Crippen molar-refractivity contribution in [2.45, 2.75) is 46.1 Å². The van der Waals surface area contributed by atoms with Gasteiger partial charge in [-0.05, 0) is 31.6 Å². The largest absolute Gasteiger partial charge is 0.481 e. The second-order valence-corrected chi connectivity index (χ2v) is 5.20. The molecule has 0 spiro atoms. The molecule has 0 amide bonds. The van der Waals surface area contributed by atoms with Gasteiger partial charge in [0, 0.05) is 12.1 Å². The molecule has 3 atom stereocenters. The quantitative estimate of drug-likeness (QED) is 0.891. The predicted octanol–water partition coefficient (Wildman–Crippen LogP) is 3.03. The van der Waals surface area contributed by atoms with Crippen molar-refractivity contribution in [1.29, 1.82) is 0 Å². The molecule has 1 fully saturated rings. The number of aromatic nitrogens is 2. The molecule has 1 heterocycles. The molecule has 100 valence electrons. The third kappa shape index (κ3) is 2.74. The molecule has 1 aromatic rings. The van der Waals surface area contributed by atoms with E-state index < -0.39 is 0 Å². The third-order valence-corrected chi connectivity index (χ3v) is 4.11. The molecule has 0 aromatic carbocycles. The number of aryl methyl sites for hydroxylation is 1. The summed E-state index contributed by atoms with van der Waals surface area (Å²) in [6.07, 6.45) is 3.81. The van der Waals surface area contributed by atoms with Gasteiger partial charge in [0.1, 0.15) is 11.6 Å². The number of anilines is 1. The fourth-order valence-corrected chi connectivity index (χ4v) is 2.94. The normalized spacial score (nSPS) is 27.2. The van der Waals surface area contributed by atoms with E-state index in [4.69, 9.17) is 4.74 Å². The van der Waals surface area contributed by atoms with E-state index in [2.05, 4.69) is 29.1 Å². The van der Waals surface area contributed by atoms with Crippen molar-refractivity contribution in [2.75, 3.05) is 12.4 Å². The first kappa shape index (κ1) is 13.1. The van der Waals surface area contributed by atoms with Gasteiger partial charge in [-0.2, -0.15) is 4.98 Å². The maximum atomic E-state index is 5.18. The van der Waals surface area contributed by atoms with Gasteiger partial charge in [-0.3, -0.25) is 0 Å². The lowest BCUT2D eigenvalue weighted by molar-refractivity contribution is 0.389. The predicted molar refractivity (Wildman–Crippen MR) is 72.9 cm³/mol. The Bertz CT molecular complexity index is 408. The van der Waals surface area contributed by atoms with Crippen molar-refractivity contribution in [3.63, 3.8) is 0 Å². The van der Waals surface area contributed by atoms with Crippen LogP contribution in [0.25, 0.3) is 0 Å². The van der Waals surface area contributed by atoms with E-state index in [1.807, 2.05) is 13.0 Å². The van der Waals surface area contributed by atoms with Crippen LogP contribution in [0.3, 0.4) is 0 Å². The summed E-state index contributed by atoms with van der Waals surface area (Å²) in [7, 11) is 1.64. The molecular formula is C14H23N3O. The van der Waals surface area contributed by atoms with Crippen molar-refractivity contribution < 1.29 is 4.74 Å². The Morgan fingerprint density at radius 3 is 2.78 bits per heavy atom. The Labute approximate surface area is 109 Å². The van der Waals surface area contributed by atoms with Crippen molar-refractivity contribution >= 4 is 5.82 Å². The monoisotopic (exact) mass is 249 g/mol. The molecule has 0 aliphatic heterocycles. The van der Waals surface area contributed by atoms with Gasteiger partial charge in [-0.15, -0.1) is 0 Å². The second-order valence-electron chi connectivity index (χ2n) is 5.20. The highest BCUT2D eigenvalue weighted by Crippen LogP contribution is 2.35. The zero-order chi connectivity index (χ0) is 13.1. The maximum Gasteiger partial charge on any atom is 0.218 e. The van der Waals surface area contributed by atoms with Crippen LogP contribution in [0.2, 0.25) is 0 Å². The molecule has 1 aliphatic rings. The number of nitrogens with one attached hydrogen (secondary N) is 1. The molecule has 1 N–H and O–H groups in total. The third-order valence-electron chi connectivity index (χ3n) is 4.11. The first-order chi connectivity index (χ1) is 8.63. The summed E-state index contributed by atoms with van der Waals surface area (Å²) in [6.45, 7) is 6.51. The van der Waals surface area contributed by atoms with Crippen molar-refractivity contribution in [2.24, 2.45) is 11.8 Å². The minimum Gasteiger partial charge on any atom is -0.481 e. The standard InChI is InChI=1S/C14H23N3O/c1-5-11-6-7-12(9(11)2)17-13-8-14(18-4)16-10(3)15-13/h8-9,11-12H,5-7H2,1-4H3,(H,15,16,17). The smallest absolute Gasteiger partial charge is 0.218 e. The van der Waals surface area contributed by atoms with Gasteiger partial charge >= 0.3 is 0 Å². The van der Waals surface area contributed by atoms with Crippen LogP contribution in [0.4, 0.5) is 5.82 Å². The van der Waals surface area contributed by atoms with Gasteiger partial charge in [0.05, 0.1) is 7.11 Å². The lowest BCUT2D eigenvalue weighted by Gasteiger charge is -2.21. The zero-order valence-corrected chi connectivity index (χ0v) is 11.7. The van der Waals surface area contributed by atoms with E-state index in [1.54, 1.807) is 7.11 Å². The van der Waals surface area contributed by atoms with Gasteiger partial charge in [0.2, 0.25) is 5.88 Å². The van der Waals surface area contributed by atoms with E-state index >= 15 is 0 Å². The Hall–Kier alpha value is -1.32. The summed E-state index contributed by atoms with van der Waals surface area (Å²) < 4.78 is 5.18. The highest BCUT2D eigenvalue weighted by Gasteiger charge is 2.31. The maximum absolute atomic E-state index is 5.18. The second kappa shape index (κ2) is 5.55. The van der Waals surface area contributed by atoms with Crippen molar-refractivity contribution in [1.82, 2.24) is 9.97 Å². The Morgan fingerprint density at radius 2 is 2.17 bits per heavy atom. The molecule has 2 rings (SSSR count). The Morgan fingerprint density at radius 1 is 1.39 bits per heavy atom. The topological polar surface area (TPSA) is 47.0 Å². The number of methoxy groups -OCH3 is 1. The molecule has 4 heteroatoms. The fraction of sp³-hybridized carbons (Fsp3) is 0.714. The minimum atomic E-state index is 0.522. The summed E-state index contributed by atoms with van der Waals surface area (Å²) in [5.74, 6) is 3.80. The number of rotatable bonds is 4. The molecular weight excluding hydrogens is 226 g/mol. The molecule has 0 radical (unpaired) electrons. The summed E-state index contributed by atoms with van der Waals surface area (Å²) in [5.41, 5.74) is 0. The summed E-state index contributed by atoms with van der Waals surface area (Å²) in [4.78, 5) is 8.63. The van der Waals surface area contributed by atoms with E-state index in [0.29, 0.717) is 17.8 Å². The summed E-state index contributed by atoms with van der Waals surface area (Å²) in [5, 5.41) is 3.54. The number of ether oxygens (including phenoxy) is 1. The van der Waals surface area contributed by atoms with Gasteiger partial charge in [-0.25, -0.2) is 4.98 Å². The Kier molecular flexibility index (Phi) is 4.04. The Balaban J connectivity index is 2.08. The number of hydrogen-bond donors (Lipinski definition) is 1. The first-order valence-corrected chi connectivity index (χ1v) is 6.80. The average Bonchev–Trinajstić information content (AvgIpc) is 2.70. The van der Waals surface area contributed by atoms with Crippen LogP contribution in [-0.4, -0.2) is 23.1 Å². The molecule has 0 bridgehead atoms. The van der Waals surface area contributed by atoms with E-state index in [1.165, 1.54) is 19.3 Å². The number of hydrogen-bond acceptors (Lipinski definition) is 4. The van der Waals surface area contributed by atoms with E-state index in [-0.39, 0.29) is 0 Å². The van der Waals surface area contributed by atoms with Crippen LogP contribution in [0.5, 0.6) is 5.88 Å². The molecule has 1 aromatic heterocycles. The van der Waals surface area contributed by atoms with Crippen LogP contribution in [0, 0.1) is 18.8 Å². The molecule has 1 saturated carbocycles.